The molecule has 1 aromatic carbocycles. The third kappa shape index (κ3) is 3.28. The summed E-state index contributed by atoms with van der Waals surface area (Å²) in [6.07, 6.45) is 7.38. The van der Waals surface area contributed by atoms with Gasteiger partial charge in [-0.1, -0.05) is 53.2 Å². The predicted octanol–water partition coefficient (Wildman–Crippen LogP) is 3.55. The first-order valence-electron chi connectivity index (χ1n) is 8.13. The number of fused-ring (bicyclic) bond motifs is 2. The number of likely N-dealkylation sites (tertiary alicyclic amines) is 1. The van der Waals surface area contributed by atoms with Gasteiger partial charge in [0.15, 0.2) is 0 Å². The molecular formula is C18H23BrN2O. The SMILES string of the molecule is CCC(=O)N1C2CCC1CN(C/C=C/c1ccccc1Br)C2. The van der Waals surface area contributed by atoms with Crippen LogP contribution in [0, 0.1) is 0 Å². The maximum absolute atomic E-state index is 12.1. The lowest BCUT2D eigenvalue weighted by atomic mass is 10.1. The first kappa shape index (κ1) is 15.8. The first-order chi connectivity index (χ1) is 10.7. The van der Waals surface area contributed by atoms with Crippen LogP contribution in [0.5, 0.6) is 0 Å². The number of rotatable bonds is 4. The minimum Gasteiger partial charge on any atom is -0.334 e. The van der Waals surface area contributed by atoms with E-state index in [4.69, 9.17) is 0 Å². The van der Waals surface area contributed by atoms with Gasteiger partial charge in [0, 0.05) is 42.6 Å². The van der Waals surface area contributed by atoms with Crippen molar-refractivity contribution in [3.8, 4) is 0 Å². The second-order valence-corrected chi connectivity index (χ2v) is 7.04. The largest absolute Gasteiger partial charge is 0.334 e. The molecule has 3 rings (SSSR count). The Hall–Kier alpha value is -1.13. The Labute approximate surface area is 141 Å². The fourth-order valence-electron chi connectivity index (χ4n) is 3.67. The Morgan fingerprint density at radius 2 is 1.95 bits per heavy atom. The minimum atomic E-state index is 0.330. The second-order valence-electron chi connectivity index (χ2n) is 6.18. The second kappa shape index (κ2) is 6.97. The Morgan fingerprint density at radius 3 is 2.59 bits per heavy atom. The quantitative estimate of drug-likeness (QED) is 0.817. The van der Waals surface area contributed by atoms with Crippen molar-refractivity contribution in [2.75, 3.05) is 19.6 Å². The summed E-state index contributed by atoms with van der Waals surface area (Å²) in [5.74, 6) is 0.330. The summed E-state index contributed by atoms with van der Waals surface area (Å²) in [7, 11) is 0. The number of carbonyl (C=O) groups is 1. The van der Waals surface area contributed by atoms with Crippen molar-refractivity contribution in [1.29, 1.82) is 0 Å². The number of nitrogens with zero attached hydrogens (tertiary/aromatic N) is 2. The average Bonchev–Trinajstić information content (AvgIpc) is 2.79. The number of halogens is 1. The lowest BCUT2D eigenvalue weighted by molar-refractivity contribution is -0.136. The van der Waals surface area contributed by atoms with Crippen molar-refractivity contribution in [3.05, 3.63) is 40.4 Å². The highest BCUT2D eigenvalue weighted by Gasteiger charge is 2.41. The molecule has 4 heteroatoms. The number of piperazine rings is 1. The summed E-state index contributed by atoms with van der Waals surface area (Å²) in [5, 5.41) is 0. The summed E-state index contributed by atoms with van der Waals surface area (Å²) >= 11 is 3.57. The van der Waals surface area contributed by atoms with Gasteiger partial charge in [0.1, 0.15) is 0 Å². The van der Waals surface area contributed by atoms with Crippen LogP contribution in [0.3, 0.4) is 0 Å². The summed E-state index contributed by atoms with van der Waals surface area (Å²) in [5.41, 5.74) is 1.21. The molecule has 2 atom stereocenters. The van der Waals surface area contributed by atoms with Gasteiger partial charge >= 0.3 is 0 Å². The molecule has 1 aromatic rings. The standard InChI is InChI=1S/C18H23BrN2O/c1-2-18(22)21-15-9-10-16(21)13-20(12-15)11-5-7-14-6-3-4-8-17(14)19/h3-8,15-16H,2,9-13H2,1H3/b7-5+. The Bertz CT molecular complexity index is 558. The lowest BCUT2D eigenvalue weighted by Gasteiger charge is -2.40. The van der Waals surface area contributed by atoms with Gasteiger partial charge in [-0.05, 0) is 24.5 Å². The molecule has 0 saturated carbocycles. The van der Waals surface area contributed by atoms with Crippen molar-refractivity contribution < 1.29 is 4.79 Å². The Balaban J connectivity index is 1.58. The summed E-state index contributed by atoms with van der Waals surface area (Å²) in [6.45, 7) is 4.96. The van der Waals surface area contributed by atoms with Crippen LogP contribution in [-0.2, 0) is 4.79 Å². The zero-order valence-electron chi connectivity index (χ0n) is 13.0. The normalized spacial score (nSPS) is 25.1. The van der Waals surface area contributed by atoms with Crippen molar-refractivity contribution in [1.82, 2.24) is 9.80 Å². The molecule has 0 radical (unpaired) electrons. The highest BCUT2D eigenvalue weighted by molar-refractivity contribution is 9.10. The van der Waals surface area contributed by atoms with Crippen LogP contribution in [0.2, 0.25) is 0 Å². The molecule has 2 fully saturated rings. The number of hydrogen-bond acceptors (Lipinski definition) is 2. The first-order valence-corrected chi connectivity index (χ1v) is 8.93. The number of benzene rings is 1. The fourth-order valence-corrected chi connectivity index (χ4v) is 4.09. The Morgan fingerprint density at radius 1 is 1.27 bits per heavy atom. The molecule has 2 aliphatic rings. The van der Waals surface area contributed by atoms with E-state index in [0.29, 0.717) is 24.4 Å². The van der Waals surface area contributed by atoms with Crippen LogP contribution >= 0.6 is 15.9 Å². The third-order valence-electron chi connectivity index (χ3n) is 4.71. The molecule has 2 unspecified atom stereocenters. The van der Waals surface area contributed by atoms with Crippen LogP contribution in [-0.4, -0.2) is 47.4 Å². The fraction of sp³-hybridized carbons (Fsp3) is 0.500. The van der Waals surface area contributed by atoms with Crippen LogP contribution in [0.15, 0.2) is 34.8 Å². The lowest BCUT2D eigenvalue weighted by Crippen LogP contribution is -2.55. The molecule has 0 aliphatic carbocycles. The maximum Gasteiger partial charge on any atom is 0.222 e. The molecule has 1 amide bonds. The van der Waals surface area contributed by atoms with Crippen LogP contribution in [0.25, 0.3) is 6.08 Å². The van der Waals surface area contributed by atoms with E-state index >= 15 is 0 Å². The van der Waals surface area contributed by atoms with E-state index in [1.165, 1.54) is 18.4 Å². The molecule has 0 N–H and O–H groups in total. The zero-order valence-corrected chi connectivity index (χ0v) is 14.6. The molecule has 0 spiro atoms. The van der Waals surface area contributed by atoms with Gasteiger partial charge in [-0.25, -0.2) is 0 Å². The van der Waals surface area contributed by atoms with Gasteiger partial charge in [-0.2, -0.15) is 0 Å². The molecule has 2 saturated heterocycles. The van der Waals surface area contributed by atoms with Crippen molar-refractivity contribution in [2.45, 2.75) is 38.3 Å². The van der Waals surface area contributed by atoms with E-state index in [-0.39, 0.29) is 0 Å². The van der Waals surface area contributed by atoms with Crippen molar-refractivity contribution in [2.24, 2.45) is 0 Å². The molecule has 22 heavy (non-hydrogen) atoms. The average molecular weight is 363 g/mol. The maximum atomic E-state index is 12.1. The summed E-state index contributed by atoms with van der Waals surface area (Å²) in [4.78, 5) is 16.7. The monoisotopic (exact) mass is 362 g/mol. The topological polar surface area (TPSA) is 23.6 Å². The zero-order chi connectivity index (χ0) is 15.5. The molecule has 0 aromatic heterocycles. The van der Waals surface area contributed by atoms with E-state index in [0.717, 1.165) is 24.1 Å². The highest BCUT2D eigenvalue weighted by Crippen LogP contribution is 2.30. The van der Waals surface area contributed by atoms with Crippen LogP contribution < -0.4 is 0 Å². The number of hydrogen-bond donors (Lipinski definition) is 0. The summed E-state index contributed by atoms with van der Waals surface area (Å²) < 4.78 is 1.13. The van der Waals surface area contributed by atoms with Gasteiger partial charge < -0.3 is 4.90 Å². The van der Waals surface area contributed by atoms with Crippen LogP contribution in [0.1, 0.15) is 31.7 Å². The van der Waals surface area contributed by atoms with Gasteiger partial charge in [0.2, 0.25) is 5.91 Å². The molecule has 2 heterocycles. The van der Waals surface area contributed by atoms with E-state index in [2.05, 4.69) is 56.1 Å². The Kier molecular flexibility index (Phi) is 4.99. The van der Waals surface area contributed by atoms with Crippen molar-refractivity contribution in [3.63, 3.8) is 0 Å². The van der Waals surface area contributed by atoms with E-state index in [9.17, 15) is 4.79 Å². The van der Waals surface area contributed by atoms with Gasteiger partial charge in [0.05, 0.1) is 0 Å². The van der Waals surface area contributed by atoms with Gasteiger partial charge in [0.25, 0.3) is 0 Å². The van der Waals surface area contributed by atoms with E-state index < -0.39 is 0 Å². The summed E-state index contributed by atoms with van der Waals surface area (Å²) in [6, 6.07) is 9.13. The predicted molar refractivity (Wildman–Crippen MR) is 93.6 cm³/mol. The molecule has 2 aliphatic heterocycles. The highest BCUT2D eigenvalue weighted by atomic mass is 79.9. The number of amides is 1. The number of carbonyl (C=O) groups excluding carboxylic acids is 1. The molecule has 118 valence electrons. The third-order valence-corrected chi connectivity index (χ3v) is 5.44. The molecular weight excluding hydrogens is 340 g/mol. The van der Waals surface area contributed by atoms with E-state index in [1.807, 2.05) is 13.0 Å². The van der Waals surface area contributed by atoms with Gasteiger partial charge in [-0.15, -0.1) is 0 Å². The van der Waals surface area contributed by atoms with Crippen LogP contribution in [0.4, 0.5) is 0 Å². The van der Waals surface area contributed by atoms with Crippen molar-refractivity contribution >= 4 is 27.9 Å². The van der Waals surface area contributed by atoms with E-state index in [1.54, 1.807) is 0 Å². The smallest absolute Gasteiger partial charge is 0.222 e. The molecule has 3 nitrogen and oxygen atoms in total. The molecule has 2 bridgehead atoms. The van der Waals surface area contributed by atoms with Gasteiger partial charge in [-0.3, -0.25) is 9.69 Å². The minimum absolute atomic E-state index is 0.330.